The number of hydrogen-bond acceptors (Lipinski definition) is 9. The standard InChI is InChI=1S/C12H15N3O7S.K/c1-4-21-11(20)14-10-13-6(5-23-10)7(8(16)17)15-22-12(2,3)9(18)19;/h5H,4H2,1-3H3,(H,16,17)(H,18,19)(H,13,14,20);/q;+1/p-1. The van der Waals surface area contributed by atoms with Crippen molar-refractivity contribution in [3.8, 4) is 0 Å². The maximum absolute atomic E-state index is 11.2. The summed E-state index contributed by atoms with van der Waals surface area (Å²) in [5.41, 5.74) is -2.58. The molecular formula is C12H14KN3O7S. The molecular weight excluding hydrogens is 369 g/mol. The zero-order valence-electron chi connectivity index (χ0n) is 13.5. The Morgan fingerprint density at radius 3 is 2.58 bits per heavy atom. The molecule has 0 saturated heterocycles. The van der Waals surface area contributed by atoms with Crippen molar-refractivity contribution in [2.75, 3.05) is 11.9 Å². The molecule has 1 aromatic heterocycles. The molecule has 0 unspecified atom stereocenters. The predicted molar refractivity (Wildman–Crippen MR) is 77.1 cm³/mol. The minimum atomic E-state index is -1.73. The molecule has 24 heavy (non-hydrogen) atoms. The third kappa shape index (κ3) is 6.82. The van der Waals surface area contributed by atoms with E-state index in [-0.39, 0.29) is 68.8 Å². The van der Waals surface area contributed by atoms with Gasteiger partial charge in [0, 0.05) is 5.38 Å². The van der Waals surface area contributed by atoms with E-state index in [9.17, 15) is 19.5 Å². The van der Waals surface area contributed by atoms with Gasteiger partial charge in [-0.15, -0.1) is 11.3 Å². The minimum absolute atomic E-state index is 0. The average Bonchev–Trinajstić information content (AvgIpc) is 2.86. The number of nitrogens with zero attached hydrogens (tertiary/aromatic N) is 2. The van der Waals surface area contributed by atoms with Gasteiger partial charge in [0.2, 0.25) is 5.60 Å². The van der Waals surface area contributed by atoms with Gasteiger partial charge in [0.05, 0.1) is 12.6 Å². The Balaban J connectivity index is 0.00000529. The summed E-state index contributed by atoms with van der Waals surface area (Å²) in [6, 6.07) is 0. The van der Waals surface area contributed by atoms with Gasteiger partial charge in [0.15, 0.2) is 10.8 Å². The monoisotopic (exact) mass is 383 g/mol. The van der Waals surface area contributed by atoms with Gasteiger partial charge in [-0.05, 0) is 20.8 Å². The van der Waals surface area contributed by atoms with Crippen LogP contribution in [0, 0.1) is 0 Å². The quantitative estimate of drug-likeness (QED) is 0.288. The van der Waals surface area contributed by atoms with Gasteiger partial charge in [-0.1, -0.05) is 5.16 Å². The second kappa shape index (κ2) is 10.1. The van der Waals surface area contributed by atoms with E-state index >= 15 is 0 Å². The molecule has 0 radical (unpaired) electrons. The maximum atomic E-state index is 11.2. The van der Waals surface area contributed by atoms with Crippen LogP contribution in [-0.4, -0.2) is 46.0 Å². The summed E-state index contributed by atoms with van der Waals surface area (Å²) in [6.07, 6.45) is -0.747. The summed E-state index contributed by atoms with van der Waals surface area (Å²) in [7, 11) is 0. The van der Waals surface area contributed by atoms with Crippen LogP contribution in [0.15, 0.2) is 10.5 Å². The zero-order chi connectivity index (χ0) is 17.6. The van der Waals surface area contributed by atoms with E-state index in [2.05, 4.69) is 20.2 Å². The summed E-state index contributed by atoms with van der Waals surface area (Å²) >= 11 is 0.922. The smallest absolute Gasteiger partial charge is 0.543 e. The Bertz CT molecular complexity index is 644. The Hall–Kier alpha value is -1.05. The third-order valence-electron chi connectivity index (χ3n) is 2.30. The molecule has 0 aliphatic heterocycles. The molecule has 0 fully saturated rings. The summed E-state index contributed by atoms with van der Waals surface area (Å²) in [5.74, 6) is -3.04. The Kier molecular flexibility index (Phi) is 9.61. The van der Waals surface area contributed by atoms with E-state index in [1.54, 1.807) is 6.92 Å². The van der Waals surface area contributed by atoms with Crippen LogP contribution < -0.4 is 61.8 Å². The number of carbonyl (C=O) groups excluding carboxylic acids is 2. The largest absolute Gasteiger partial charge is 1.00 e. The van der Waals surface area contributed by atoms with Crippen molar-refractivity contribution < 1.29 is 85.6 Å². The minimum Gasteiger partial charge on any atom is -0.543 e. The van der Waals surface area contributed by atoms with Crippen molar-refractivity contribution in [2.45, 2.75) is 26.4 Å². The second-order valence-corrected chi connectivity index (χ2v) is 5.38. The van der Waals surface area contributed by atoms with Crippen LogP contribution in [0.2, 0.25) is 0 Å². The summed E-state index contributed by atoms with van der Waals surface area (Å²) < 4.78 is 4.65. The van der Waals surface area contributed by atoms with Gasteiger partial charge in [-0.3, -0.25) is 5.32 Å². The topological polar surface area (TPSA) is 150 Å². The number of ether oxygens (including phenoxy) is 1. The SMILES string of the molecule is CCOC(=O)Nc1nc(C(=NOC(C)(C)C(=O)O)C(=O)[O-])cs1.[K+]. The number of aliphatic carboxylic acids is 2. The summed E-state index contributed by atoms with van der Waals surface area (Å²) in [6.45, 7) is 4.17. The van der Waals surface area contributed by atoms with Crippen LogP contribution in [0.5, 0.6) is 0 Å². The number of amides is 1. The molecule has 0 atom stereocenters. The van der Waals surface area contributed by atoms with E-state index in [1.165, 1.54) is 19.2 Å². The van der Waals surface area contributed by atoms with E-state index in [4.69, 9.17) is 9.94 Å². The molecule has 0 bridgehead atoms. The first-order chi connectivity index (χ1) is 10.7. The number of aromatic nitrogens is 1. The molecule has 1 heterocycles. The Morgan fingerprint density at radius 1 is 1.46 bits per heavy atom. The molecule has 0 spiro atoms. The van der Waals surface area contributed by atoms with Crippen LogP contribution in [0.3, 0.4) is 0 Å². The molecule has 12 heteroatoms. The predicted octanol–water partition coefficient (Wildman–Crippen LogP) is -2.95. The first-order valence-corrected chi connectivity index (χ1v) is 7.16. The fourth-order valence-corrected chi connectivity index (χ4v) is 1.76. The van der Waals surface area contributed by atoms with Crippen LogP contribution >= 0.6 is 11.3 Å². The van der Waals surface area contributed by atoms with E-state index in [1.807, 2.05) is 0 Å². The van der Waals surface area contributed by atoms with Crippen molar-refractivity contribution in [3.63, 3.8) is 0 Å². The number of anilines is 1. The fraction of sp³-hybridized carbons (Fsp3) is 0.417. The van der Waals surface area contributed by atoms with Gasteiger partial charge in [-0.2, -0.15) is 0 Å². The zero-order valence-corrected chi connectivity index (χ0v) is 17.4. The number of hydrogen-bond donors (Lipinski definition) is 2. The normalized spacial score (nSPS) is 11.2. The number of nitrogens with one attached hydrogen (secondary N) is 1. The van der Waals surface area contributed by atoms with Crippen molar-refractivity contribution in [3.05, 3.63) is 11.1 Å². The van der Waals surface area contributed by atoms with Crippen LogP contribution in [-0.2, 0) is 19.2 Å². The number of oxime groups is 1. The molecule has 0 saturated carbocycles. The summed E-state index contributed by atoms with van der Waals surface area (Å²) in [5, 5.41) is 26.9. The second-order valence-electron chi connectivity index (χ2n) is 4.52. The first kappa shape index (κ1) is 22.9. The summed E-state index contributed by atoms with van der Waals surface area (Å²) in [4.78, 5) is 41.8. The molecule has 0 aromatic carbocycles. The molecule has 1 aromatic rings. The molecule has 2 N–H and O–H groups in total. The van der Waals surface area contributed by atoms with Crippen molar-refractivity contribution in [2.24, 2.45) is 5.16 Å². The van der Waals surface area contributed by atoms with Gasteiger partial charge >= 0.3 is 63.4 Å². The van der Waals surface area contributed by atoms with Crippen molar-refractivity contribution >= 4 is 40.2 Å². The number of carboxylic acids is 2. The molecule has 10 nitrogen and oxygen atoms in total. The Morgan fingerprint density at radius 2 is 2.08 bits per heavy atom. The van der Waals surface area contributed by atoms with E-state index in [0.29, 0.717) is 0 Å². The number of thiazole rings is 1. The molecule has 0 aliphatic rings. The third-order valence-corrected chi connectivity index (χ3v) is 3.06. The van der Waals surface area contributed by atoms with Gasteiger partial charge in [-0.25, -0.2) is 14.6 Å². The molecule has 126 valence electrons. The molecule has 1 amide bonds. The molecule has 1 rings (SSSR count). The van der Waals surface area contributed by atoms with Gasteiger partial charge in [0.25, 0.3) is 0 Å². The molecule has 0 aliphatic carbocycles. The van der Waals surface area contributed by atoms with Gasteiger partial charge in [0.1, 0.15) is 5.69 Å². The fourth-order valence-electron chi connectivity index (χ4n) is 1.08. The first-order valence-electron chi connectivity index (χ1n) is 6.28. The van der Waals surface area contributed by atoms with Crippen molar-refractivity contribution in [1.82, 2.24) is 4.98 Å². The van der Waals surface area contributed by atoms with Crippen LogP contribution in [0.1, 0.15) is 26.5 Å². The number of rotatable bonds is 7. The van der Waals surface area contributed by atoms with Crippen molar-refractivity contribution in [1.29, 1.82) is 0 Å². The number of carboxylic acid groups (broad SMARTS) is 2. The maximum Gasteiger partial charge on any atom is 1.00 e. The van der Waals surface area contributed by atoms with Gasteiger partial charge < -0.3 is 24.6 Å². The number of carbonyl (C=O) groups is 3. The van der Waals surface area contributed by atoms with Crippen LogP contribution in [0.4, 0.5) is 9.93 Å². The average molecular weight is 383 g/mol. The van der Waals surface area contributed by atoms with E-state index in [0.717, 1.165) is 11.3 Å². The van der Waals surface area contributed by atoms with E-state index < -0.39 is 29.3 Å². The Labute approximate surface area is 183 Å². The van der Waals surface area contributed by atoms with Crippen LogP contribution in [0.25, 0.3) is 0 Å².